The van der Waals surface area contributed by atoms with Crippen LogP contribution >= 0.6 is 7.44 Å². The van der Waals surface area contributed by atoms with Crippen molar-refractivity contribution in [3.8, 4) is 0 Å². The molecule has 1 amide bonds. The van der Waals surface area contributed by atoms with Crippen LogP contribution in [0.5, 0.6) is 0 Å². The van der Waals surface area contributed by atoms with E-state index in [9.17, 15) is 24.1 Å². The number of aliphatic hydroxyl groups excluding tert-OH is 1. The SMILES string of the molecule is CCCCOC(=O)[C@H](C)NP(=O)(/C=C/[C@@H]1C[C@@H](O)[C@H](n2cnc(C(N)=O)n2)O1)N[C@@H](C)C(=O)OCCCC. The van der Waals surface area contributed by atoms with E-state index in [1.807, 2.05) is 13.8 Å². The number of nitrogens with two attached hydrogens (primary N) is 1. The summed E-state index contributed by atoms with van der Waals surface area (Å²) in [5.41, 5.74) is 5.17. The molecule has 5 N–H and O–H groups in total. The molecule has 5 atom stereocenters. The monoisotopic (exact) mass is 558 g/mol. The van der Waals surface area contributed by atoms with Gasteiger partial charge in [0, 0.05) is 12.2 Å². The summed E-state index contributed by atoms with van der Waals surface area (Å²) in [5, 5.41) is 19.8. The van der Waals surface area contributed by atoms with E-state index in [0.717, 1.165) is 12.8 Å². The van der Waals surface area contributed by atoms with Gasteiger partial charge in [0.2, 0.25) is 13.3 Å². The second kappa shape index (κ2) is 15.1. The summed E-state index contributed by atoms with van der Waals surface area (Å²) in [6.07, 6.45) is 3.23. The van der Waals surface area contributed by atoms with Gasteiger partial charge in [-0.1, -0.05) is 26.7 Å². The van der Waals surface area contributed by atoms with E-state index in [1.54, 1.807) is 0 Å². The summed E-state index contributed by atoms with van der Waals surface area (Å²) in [6, 6.07) is -1.91. The Labute approximate surface area is 222 Å². The van der Waals surface area contributed by atoms with Crippen LogP contribution in [0.4, 0.5) is 0 Å². The summed E-state index contributed by atoms with van der Waals surface area (Å²) in [5.74, 6) is -0.936. The standard InChI is InChI=1S/C23H39N6O8P/c1-5-7-10-35-22(32)15(3)27-38(34,28-16(4)23(33)36-11-8-6-2)12-9-17-13-18(30)21(37-17)29-14-25-20(26-29)19(24)31/h9,12,14-18,21,30H,5-8,10-11,13H2,1-4H3,(H2,24,31)(H2,27,28,34)/b12-9+/t15-,16-,17+,18+,21+/m0/s1. The molecule has 1 saturated heterocycles. The molecule has 1 aliphatic heterocycles. The molecule has 15 heteroatoms. The van der Waals surface area contributed by atoms with Crippen LogP contribution in [0, 0.1) is 0 Å². The minimum Gasteiger partial charge on any atom is -0.465 e. The maximum Gasteiger partial charge on any atom is 0.323 e. The van der Waals surface area contributed by atoms with Crippen molar-refractivity contribution in [1.82, 2.24) is 24.9 Å². The number of aliphatic hydroxyl groups is 1. The van der Waals surface area contributed by atoms with Crippen molar-refractivity contribution in [2.24, 2.45) is 5.73 Å². The summed E-state index contributed by atoms with van der Waals surface area (Å²) in [6.45, 7) is 7.42. The first-order chi connectivity index (χ1) is 18.0. The molecule has 0 spiro atoms. The zero-order chi connectivity index (χ0) is 28.3. The zero-order valence-electron chi connectivity index (χ0n) is 22.2. The second-order valence-corrected chi connectivity index (χ2v) is 11.2. The van der Waals surface area contributed by atoms with E-state index < -0.39 is 55.8 Å². The number of ether oxygens (including phenoxy) is 3. The van der Waals surface area contributed by atoms with Gasteiger partial charge in [0.05, 0.1) is 19.3 Å². The lowest BCUT2D eigenvalue weighted by atomic mass is 10.2. The van der Waals surface area contributed by atoms with Gasteiger partial charge in [-0.2, -0.15) is 0 Å². The summed E-state index contributed by atoms with van der Waals surface area (Å²) >= 11 is 0. The van der Waals surface area contributed by atoms with Crippen molar-refractivity contribution < 1.29 is 38.3 Å². The first-order valence-corrected chi connectivity index (χ1v) is 14.5. The molecular weight excluding hydrogens is 519 g/mol. The van der Waals surface area contributed by atoms with Crippen molar-refractivity contribution in [3.05, 3.63) is 24.0 Å². The lowest BCUT2D eigenvalue weighted by Gasteiger charge is -2.24. The Kier molecular flexibility index (Phi) is 12.5. The van der Waals surface area contributed by atoms with Crippen LogP contribution in [0.2, 0.25) is 0 Å². The Hall–Kier alpha value is -2.64. The molecule has 0 unspecified atom stereocenters. The predicted molar refractivity (Wildman–Crippen MR) is 137 cm³/mol. The average molecular weight is 559 g/mol. The number of nitrogens with one attached hydrogen (secondary N) is 2. The molecule has 38 heavy (non-hydrogen) atoms. The normalized spacial score (nSPS) is 21.3. The second-order valence-electron chi connectivity index (χ2n) is 9.02. The largest absolute Gasteiger partial charge is 0.465 e. The molecule has 14 nitrogen and oxygen atoms in total. The first-order valence-electron chi connectivity index (χ1n) is 12.7. The Morgan fingerprint density at radius 3 is 2.21 bits per heavy atom. The zero-order valence-corrected chi connectivity index (χ0v) is 23.1. The lowest BCUT2D eigenvalue weighted by molar-refractivity contribution is -0.145. The first kappa shape index (κ1) is 31.6. The van der Waals surface area contributed by atoms with E-state index in [-0.39, 0.29) is 25.5 Å². The summed E-state index contributed by atoms with van der Waals surface area (Å²) in [4.78, 5) is 39.8. The fraction of sp³-hybridized carbons (Fsp3) is 0.696. The molecule has 1 aromatic rings. The van der Waals surface area contributed by atoms with Crippen molar-refractivity contribution in [2.75, 3.05) is 13.2 Å². The van der Waals surface area contributed by atoms with Gasteiger partial charge < -0.3 is 25.1 Å². The third-order valence-electron chi connectivity index (χ3n) is 5.58. The fourth-order valence-corrected chi connectivity index (χ4v) is 5.50. The third-order valence-corrected chi connectivity index (χ3v) is 7.71. The number of primary amides is 1. The molecule has 1 aromatic heterocycles. The topological polar surface area (TPSA) is 197 Å². The van der Waals surface area contributed by atoms with Gasteiger partial charge in [-0.05, 0) is 32.8 Å². The van der Waals surface area contributed by atoms with Crippen LogP contribution < -0.4 is 15.9 Å². The number of carbonyl (C=O) groups excluding carboxylic acids is 3. The van der Waals surface area contributed by atoms with Crippen LogP contribution in [-0.4, -0.2) is 75.2 Å². The van der Waals surface area contributed by atoms with Gasteiger partial charge in [-0.25, -0.2) is 19.8 Å². The van der Waals surface area contributed by atoms with Gasteiger partial charge in [0.15, 0.2) is 6.23 Å². The fourth-order valence-electron chi connectivity index (χ4n) is 3.46. The van der Waals surface area contributed by atoms with E-state index >= 15 is 0 Å². The quantitative estimate of drug-likeness (QED) is 0.129. The molecule has 0 bridgehead atoms. The van der Waals surface area contributed by atoms with Crippen LogP contribution in [0.3, 0.4) is 0 Å². The van der Waals surface area contributed by atoms with Gasteiger partial charge in [0.1, 0.15) is 24.5 Å². The average Bonchev–Trinajstić information content (AvgIpc) is 3.49. The third kappa shape index (κ3) is 9.59. The van der Waals surface area contributed by atoms with Crippen molar-refractivity contribution in [1.29, 1.82) is 0 Å². The summed E-state index contributed by atoms with van der Waals surface area (Å²) < 4.78 is 31.2. The molecule has 1 aliphatic rings. The smallest absolute Gasteiger partial charge is 0.323 e. The number of rotatable bonds is 16. The van der Waals surface area contributed by atoms with Crippen molar-refractivity contribution in [3.63, 3.8) is 0 Å². The number of nitrogens with zero attached hydrogens (tertiary/aromatic N) is 3. The van der Waals surface area contributed by atoms with E-state index in [2.05, 4.69) is 20.3 Å². The minimum absolute atomic E-state index is 0.121. The van der Waals surface area contributed by atoms with Crippen LogP contribution in [0.15, 0.2) is 18.2 Å². The van der Waals surface area contributed by atoms with E-state index in [0.29, 0.717) is 12.8 Å². The number of amides is 1. The number of carbonyl (C=O) groups is 3. The van der Waals surface area contributed by atoms with Gasteiger partial charge in [-0.3, -0.25) is 18.9 Å². The minimum atomic E-state index is -3.73. The molecule has 0 radical (unpaired) electrons. The number of hydrogen-bond acceptors (Lipinski definition) is 10. The Morgan fingerprint density at radius 1 is 1.18 bits per heavy atom. The van der Waals surface area contributed by atoms with Crippen molar-refractivity contribution >= 4 is 25.3 Å². The molecule has 2 rings (SSSR count). The highest BCUT2D eigenvalue weighted by molar-refractivity contribution is 7.63. The van der Waals surface area contributed by atoms with Crippen LogP contribution in [-0.2, 0) is 28.4 Å². The maximum absolute atomic E-state index is 13.8. The number of unbranched alkanes of at least 4 members (excludes halogenated alkanes) is 2. The number of hydrogen-bond donors (Lipinski definition) is 4. The molecule has 0 aromatic carbocycles. The molecule has 1 fully saturated rings. The Balaban J connectivity index is 2.14. The highest BCUT2D eigenvalue weighted by Gasteiger charge is 2.36. The highest BCUT2D eigenvalue weighted by Crippen LogP contribution is 2.41. The molecule has 0 saturated carbocycles. The number of aromatic nitrogens is 3. The molecule has 0 aliphatic carbocycles. The van der Waals surface area contributed by atoms with Crippen LogP contribution in [0.1, 0.15) is 76.6 Å². The molecule has 214 valence electrons. The van der Waals surface area contributed by atoms with Crippen LogP contribution in [0.25, 0.3) is 0 Å². The Bertz CT molecular complexity index is 984. The molecular formula is C23H39N6O8P. The predicted octanol–water partition coefficient (Wildman–Crippen LogP) is 1.38. The van der Waals surface area contributed by atoms with Gasteiger partial charge in [0.25, 0.3) is 5.91 Å². The summed E-state index contributed by atoms with van der Waals surface area (Å²) in [7, 11) is -3.73. The molecule has 2 heterocycles. The van der Waals surface area contributed by atoms with Gasteiger partial charge >= 0.3 is 11.9 Å². The van der Waals surface area contributed by atoms with E-state index in [4.69, 9.17) is 19.9 Å². The van der Waals surface area contributed by atoms with Crippen molar-refractivity contribution in [2.45, 2.75) is 90.3 Å². The van der Waals surface area contributed by atoms with Gasteiger partial charge in [-0.15, -0.1) is 5.10 Å². The maximum atomic E-state index is 13.8. The van der Waals surface area contributed by atoms with E-state index in [1.165, 1.54) is 36.7 Å². The lowest BCUT2D eigenvalue weighted by Crippen LogP contribution is -2.41. The highest BCUT2D eigenvalue weighted by atomic mass is 31.2. The Morgan fingerprint density at radius 2 is 1.74 bits per heavy atom. The number of esters is 2.